The van der Waals surface area contributed by atoms with Crippen molar-refractivity contribution in [3.05, 3.63) is 63.9 Å². The molecule has 1 aliphatic rings. The minimum Gasteiger partial charge on any atom is -0.482 e. The Bertz CT molecular complexity index is 1130. The lowest BCUT2D eigenvalue weighted by atomic mass is 9.84. The molecular weight excluding hydrogens is 406 g/mol. The summed E-state index contributed by atoms with van der Waals surface area (Å²) in [6.07, 6.45) is 0.167. The lowest BCUT2D eigenvalue weighted by molar-refractivity contribution is 0.0507. The standard InChI is InChI=1S/C23H22ClNO5/c1-13-19-17(29-21(13)22(27)25-10-11-28-3)8-9-18-20(19)16(26)12-23(2,30-18)14-4-6-15(24)7-5-14/h4-9H,10-12H2,1-3H3,(H,25,27). The molecule has 30 heavy (non-hydrogen) atoms. The third-order valence-electron chi connectivity index (χ3n) is 5.42. The van der Waals surface area contributed by atoms with Gasteiger partial charge in [0.1, 0.15) is 16.9 Å². The van der Waals surface area contributed by atoms with E-state index in [0.717, 1.165) is 5.56 Å². The van der Waals surface area contributed by atoms with Crippen LogP contribution in [0.25, 0.3) is 11.0 Å². The molecule has 1 amide bonds. The summed E-state index contributed by atoms with van der Waals surface area (Å²) in [5.74, 6) is 0.263. The first kappa shape index (κ1) is 20.4. The van der Waals surface area contributed by atoms with E-state index in [1.165, 1.54) is 0 Å². The third kappa shape index (κ3) is 3.46. The highest BCUT2D eigenvalue weighted by atomic mass is 35.5. The van der Waals surface area contributed by atoms with Crippen LogP contribution in [-0.2, 0) is 10.3 Å². The maximum Gasteiger partial charge on any atom is 0.287 e. The summed E-state index contributed by atoms with van der Waals surface area (Å²) in [6.45, 7) is 4.43. The van der Waals surface area contributed by atoms with Crippen molar-refractivity contribution in [2.75, 3.05) is 20.3 Å². The number of hydrogen-bond acceptors (Lipinski definition) is 5. The number of ether oxygens (including phenoxy) is 2. The summed E-state index contributed by atoms with van der Waals surface area (Å²) in [5, 5.41) is 3.99. The van der Waals surface area contributed by atoms with Crippen molar-refractivity contribution < 1.29 is 23.5 Å². The first-order chi connectivity index (χ1) is 14.3. The molecule has 0 radical (unpaired) electrons. The average molecular weight is 428 g/mol. The molecule has 1 N–H and O–H groups in total. The number of carbonyl (C=O) groups is 2. The quantitative estimate of drug-likeness (QED) is 0.599. The minimum absolute atomic E-state index is 0.0606. The molecule has 3 aromatic rings. The van der Waals surface area contributed by atoms with Gasteiger partial charge in [-0.15, -0.1) is 0 Å². The second kappa shape index (κ2) is 7.78. The van der Waals surface area contributed by atoms with Crippen LogP contribution in [0.4, 0.5) is 0 Å². The van der Waals surface area contributed by atoms with E-state index < -0.39 is 5.60 Å². The van der Waals surface area contributed by atoms with Gasteiger partial charge >= 0.3 is 0 Å². The molecule has 0 spiro atoms. The first-order valence-corrected chi connectivity index (χ1v) is 10.0. The Balaban J connectivity index is 1.74. The molecule has 7 heteroatoms. The molecule has 2 aromatic carbocycles. The zero-order chi connectivity index (χ0) is 21.5. The van der Waals surface area contributed by atoms with Crippen molar-refractivity contribution in [1.29, 1.82) is 0 Å². The predicted molar refractivity (Wildman–Crippen MR) is 114 cm³/mol. The number of nitrogens with one attached hydrogen (secondary N) is 1. The molecular formula is C23H22ClNO5. The largest absolute Gasteiger partial charge is 0.482 e. The topological polar surface area (TPSA) is 77.8 Å². The van der Waals surface area contributed by atoms with Gasteiger partial charge in [0.05, 0.1) is 18.6 Å². The molecule has 2 heterocycles. The molecule has 6 nitrogen and oxygen atoms in total. The van der Waals surface area contributed by atoms with E-state index in [1.807, 2.05) is 19.1 Å². The lowest BCUT2D eigenvalue weighted by Gasteiger charge is -2.35. The number of carbonyl (C=O) groups excluding carboxylic acids is 2. The number of benzene rings is 2. The maximum absolute atomic E-state index is 13.2. The summed E-state index contributed by atoms with van der Waals surface area (Å²) in [6, 6.07) is 10.7. The number of amides is 1. The minimum atomic E-state index is -0.805. The van der Waals surface area contributed by atoms with E-state index in [1.54, 1.807) is 38.3 Å². The van der Waals surface area contributed by atoms with Crippen LogP contribution in [0.15, 0.2) is 40.8 Å². The van der Waals surface area contributed by atoms with Crippen molar-refractivity contribution in [2.24, 2.45) is 0 Å². The molecule has 0 fully saturated rings. The molecule has 0 saturated heterocycles. The van der Waals surface area contributed by atoms with E-state index in [9.17, 15) is 9.59 Å². The molecule has 1 aliphatic heterocycles. The zero-order valence-electron chi connectivity index (χ0n) is 17.0. The van der Waals surface area contributed by atoms with Gasteiger partial charge in [-0.25, -0.2) is 0 Å². The zero-order valence-corrected chi connectivity index (χ0v) is 17.8. The van der Waals surface area contributed by atoms with Gasteiger partial charge in [0.25, 0.3) is 5.91 Å². The monoisotopic (exact) mass is 427 g/mol. The van der Waals surface area contributed by atoms with Gasteiger partial charge in [0, 0.05) is 29.6 Å². The van der Waals surface area contributed by atoms with E-state index in [0.29, 0.717) is 46.0 Å². The fraction of sp³-hybridized carbons (Fsp3) is 0.304. The van der Waals surface area contributed by atoms with Gasteiger partial charge in [0.2, 0.25) is 0 Å². The third-order valence-corrected chi connectivity index (χ3v) is 5.67. The smallest absolute Gasteiger partial charge is 0.287 e. The molecule has 1 unspecified atom stereocenters. The van der Waals surface area contributed by atoms with Crippen LogP contribution in [0.1, 0.15) is 45.4 Å². The predicted octanol–water partition coefficient (Wildman–Crippen LogP) is 4.65. The van der Waals surface area contributed by atoms with Crippen LogP contribution < -0.4 is 10.1 Å². The summed E-state index contributed by atoms with van der Waals surface area (Å²) < 4.78 is 17.0. The van der Waals surface area contributed by atoms with Crippen LogP contribution in [-0.4, -0.2) is 32.0 Å². The van der Waals surface area contributed by atoms with Crippen molar-refractivity contribution >= 4 is 34.3 Å². The summed E-state index contributed by atoms with van der Waals surface area (Å²) in [4.78, 5) is 25.7. The van der Waals surface area contributed by atoms with Gasteiger partial charge in [0.15, 0.2) is 11.5 Å². The van der Waals surface area contributed by atoms with Gasteiger partial charge in [-0.3, -0.25) is 9.59 Å². The second-order valence-corrected chi connectivity index (χ2v) is 7.99. The molecule has 0 bridgehead atoms. The fourth-order valence-electron chi connectivity index (χ4n) is 3.88. The normalized spacial score (nSPS) is 18.2. The highest BCUT2D eigenvalue weighted by molar-refractivity contribution is 6.30. The lowest BCUT2D eigenvalue weighted by Crippen LogP contribution is -2.36. The fourth-order valence-corrected chi connectivity index (χ4v) is 4.01. The van der Waals surface area contributed by atoms with Crippen molar-refractivity contribution in [2.45, 2.75) is 25.9 Å². The van der Waals surface area contributed by atoms with Crippen molar-refractivity contribution in [3.63, 3.8) is 0 Å². The van der Waals surface area contributed by atoms with E-state index in [4.69, 9.17) is 25.5 Å². The number of hydrogen-bond donors (Lipinski definition) is 1. The average Bonchev–Trinajstić information content (AvgIpc) is 3.05. The Morgan fingerprint density at radius 2 is 1.97 bits per heavy atom. The Kier molecular flexibility index (Phi) is 5.30. The van der Waals surface area contributed by atoms with Gasteiger partial charge in [-0.2, -0.15) is 0 Å². The summed E-state index contributed by atoms with van der Waals surface area (Å²) >= 11 is 6.00. The van der Waals surface area contributed by atoms with Crippen LogP contribution >= 0.6 is 11.6 Å². The molecule has 1 atom stereocenters. The van der Waals surface area contributed by atoms with Crippen LogP contribution in [0.2, 0.25) is 5.02 Å². The number of rotatable bonds is 5. The highest BCUT2D eigenvalue weighted by Gasteiger charge is 2.40. The van der Waals surface area contributed by atoms with Gasteiger partial charge in [-0.1, -0.05) is 23.7 Å². The van der Waals surface area contributed by atoms with E-state index in [2.05, 4.69) is 5.32 Å². The number of ketones is 1. The second-order valence-electron chi connectivity index (χ2n) is 7.56. The number of furan rings is 1. The number of methoxy groups -OCH3 is 1. The van der Waals surface area contributed by atoms with Crippen LogP contribution in [0, 0.1) is 6.92 Å². The SMILES string of the molecule is COCCNC(=O)c1oc2ccc3c(c2c1C)C(=O)CC(C)(c1ccc(Cl)cc1)O3. The Hall–Kier alpha value is -2.83. The number of fused-ring (bicyclic) bond motifs is 3. The molecule has 0 saturated carbocycles. The first-order valence-electron chi connectivity index (χ1n) is 9.65. The summed E-state index contributed by atoms with van der Waals surface area (Å²) in [5.41, 5.74) is 1.61. The number of aryl methyl sites for hydroxylation is 1. The summed E-state index contributed by atoms with van der Waals surface area (Å²) in [7, 11) is 1.56. The van der Waals surface area contributed by atoms with Crippen molar-refractivity contribution in [3.8, 4) is 5.75 Å². The molecule has 156 valence electrons. The number of Topliss-reactive ketones (excluding diaryl/α,β-unsaturated/α-hetero) is 1. The van der Waals surface area contributed by atoms with E-state index >= 15 is 0 Å². The molecule has 4 rings (SSSR count). The number of halogens is 1. The van der Waals surface area contributed by atoms with Crippen molar-refractivity contribution in [1.82, 2.24) is 5.32 Å². The maximum atomic E-state index is 13.2. The van der Waals surface area contributed by atoms with Gasteiger partial charge < -0.3 is 19.2 Å². The Labute approximate surface area is 179 Å². The molecule has 0 aliphatic carbocycles. The molecule has 1 aromatic heterocycles. The van der Waals surface area contributed by atoms with Gasteiger partial charge in [-0.05, 0) is 43.7 Å². The Morgan fingerprint density at radius 3 is 2.67 bits per heavy atom. The Morgan fingerprint density at radius 1 is 1.23 bits per heavy atom. The van der Waals surface area contributed by atoms with E-state index in [-0.39, 0.29) is 23.9 Å². The highest BCUT2D eigenvalue weighted by Crippen LogP contribution is 2.44. The van der Waals surface area contributed by atoms with Crippen LogP contribution in [0.5, 0.6) is 5.75 Å². The van der Waals surface area contributed by atoms with Crippen LogP contribution in [0.3, 0.4) is 0 Å².